The molecule has 3 rings (SSSR count). The molecule has 0 fully saturated rings. The summed E-state index contributed by atoms with van der Waals surface area (Å²) in [6.45, 7) is 0.316. The number of halogens is 1. The summed E-state index contributed by atoms with van der Waals surface area (Å²) in [5.41, 5.74) is 2.43. The van der Waals surface area contributed by atoms with Gasteiger partial charge in [-0.15, -0.1) is 0 Å². The van der Waals surface area contributed by atoms with Crippen LogP contribution in [0.5, 0.6) is 0 Å². The van der Waals surface area contributed by atoms with Crippen LogP contribution in [-0.4, -0.2) is 15.9 Å². The first-order chi connectivity index (χ1) is 10.7. The number of nitrogens with one attached hydrogen (secondary N) is 2. The molecule has 110 valence electrons. The number of rotatable bonds is 4. The molecule has 0 bridgehead atoms. The van der Waals surface area contributed by atoms with E-state index in [0.29, 0.717) is 23.0 Å². The van der Waals surface area contributed by atoms with Crippen molar-refractivity contribution < 1.29 is 4.79 Å². The summed E-state index contributed by atoms with van der Waals surface area (Å²) in [6, 6.07) is 16.8. The normalized spacial score (nSPS) is 10.4. The highest BCUT2D eigenvalue weighted by Gasteiger charge is 2.10. The van der Waals surface area contributed by atoms with Crippen LogP contribution in [0.3, 0.4) is 0 Å². The highest BCUT2D eigenvalue weighted by molar-refractivity contribution is 6.33. The molecule has 0 saturated heterocycles. The molecule has 0 unspecified atom stereocenters. The second kappa shape index (κ2) is 6.45. The Hall–Kier alpha value is -2.59. The lowest BCUT2D eigenvalue weighted by atomic mass is 10.2. The molecule has 3 aromatic rings. The number of carbonyl (C=O) groups is 1. The van der Waals surface area contributed by atoms with Gasteiger partial charge in [-0.05, 0) is 17.7 Å². The number of benzene rings is 2. The van der Waals surface area contributed by atoms with Gasteiger partial charge in [-0.3, -0.25) is 4.79 Å². The van der Waals surface area contributed by atoms with Gasteiger partial charge in [-0.25, -0.2) is 4.98 Å². The standard InChI is InChI=1S/C17H14ClN3O/c18-14-9-5-4-8-13(14)17(22)20-11-16-19-10-15(21-16)12-6-2-1-3-7-12/h1-10H,11H2,(H,19,21)(H,20,22). The molecule has 0 saturated carbocycles. The Labute approximate surface area is 133 Å². The number of H-pyrrole nitrogens is 1. The fourth-order valence-electron chi connectivity index (χ4n) is 2.12. The monoisotopic (exact) mass is 311 g/mol. The van der Waals surface area contributed by atoms with Gasteiger partial charge in [-0.1, -0.05) is 54.1 Å². The Morgan fingerprint density at radius 3 is 2.59 bits per heavy atom. The minimum Gasteiger partial charge on any atom is -0.345 e. The molecular formula is C17H14ClN3O. The van der Waals surface area contributed by atoms with Gasteiger partial charge in [0.2, 0.25) is 0 Å². The maximum Gasteiger partial charge on any atom is 0.253 e. The van der Waals surface area contributed by atoms with Gasteiger partial charge >= 0.3 is 0 Å². The van der Waals surface area contributed by atoms with Gasteiger partial charge in [0.1, 0.15) is 5.82 Å². The lowest BCUT2D eigenvalue weighted by molar-refractivity contribution is 0.0950. The quantitative estimate of drug-likeness (QED) is 0.772. The minimum atomic E-state index is -0.219. The second-order valence-corrected chi connectivity index (χ2v) is 5.18. The Morgan fingerprint density at radius 2 is 1.82 bits per heavy atom. The number of hydrogen-bond acceptors (Lipinski definition) is 2. The summed E-state index contributed by atoms with van der Waals surface area (Å²) in [4.78, 5) is 19.5. The van der Waals surface area contributed by atoms with E-state index in [1.54, 1.807) is 30.5 Å². The van der Waals surface area contributed by atoms with Crippen molar-refractivity contribution in [3.8, 4) is 11.3 Å². The third kappa shape index (κ3) is 3.18. The largest absolute Gasteiger partial charge is 0.345 e. The fraction of sp³-hybridized carbons (Fsp3) is 0.0588. The lowest BCUT2D eigenvalue weighted by Gasteiger charge is -2.05. The Kier molecular flexibility index (Phi) is 4.21. The van der Waals surface area contributed by atoms with Crippen LogP contribution in [0.25, 0.3) is 11.3 Å². The van der Waals surface area contributed by atoms with E-state index in [1.807, 2.05) is 30.3 Å². The third-order valence-electron chi connectivity index (χ3n) is 3.25. The number of aromatic amines is 1. The maximum absolute atomic E-state index is 12.1. The molecule has 5 heteroatoms. The third-order valence-corrected chi connectivity index (χ3v) is 3.58. The molecule has 2 aromatic carbocycles. The van der Waals surface area contributed by atoms with Crippen molar-refractivity contribution in [1.82, 2.24) is 15.3 Å². The van der Waals surface area contributed by atoms with E-state index in [0.717, 1.165) is 11.3 Å². The van der Waals surface area contributed by atoms with E-state index in [1.165, 1.54) is 0 Å². The number of aromatic nitrogens is 2. The number of carbonyl (C=O) groups excluding carboxylic acids is 1. The molecule has 0 aliphatic carbocycles. The van der Waals surface area contributed by atoms with E-state index < -0.39 is 0 Å². The van der Waals surface area contributed by atoms with Crippen molar-refractivity contribution in [3.63, 3.8) is 0 Å². The van der Waals surface area contributed by atoms with Crippen molar-refractivity contribution in [2.45, 2.75) is 6.54 Å². The first-order valence-corrected chi connectivity index (χ1v) is 7.24. The predicted octanol–water partition coefficient (Wildman–Crippen LogP) is 3.66. The molecule has 1 aromatic heterocycles. The summed E-state index contributed by atoms with van der Waals surface area (Å²) in [7, 11) is 0. The first-order valence-electron chi connectivity index (χ1n) is 6.86. The van der Waals surface area contributed by atoms with Gasteiger partial charge in [0, 0.05) is 0 Å². The van der Waals surface area contributed by atoms with Crippen molar-refractivity contribution >= 4 is 17.5 Å². The van der Waals surface area contributed by atoms with Crippen molar-refractivity contribution in [3.05, 3.63) is 77.2 Å². The molecule has 0 aliphatic rings. The van der Waals surface area contributed by atoms with Crippen LogP contribution in [0.15, 0.2) is 60.8 Å². The minimum absolute atomic E-state index is 0.219. The smallest absolute Gasteiger partial charge is 0.253 e. The number of nitrogens with zero attached hydrogens (tertiary/aromatic N) is 1. The van der Waals surface area contributed by atoms with Gasteiger partial charge in [0.25, 0.3) is 5.91 Å². The van der Waals surface area contributed by atoms with Gasteiger partial charge in [0.15, 0.2) is 0 Å². The van der Waals surface area contributed by atoms with Crippen LogP contribution in [0, 0.1) is 0 Å². The number of imidazole rings is 1. The molecule has 0 aliphatic heterocycles. The number of hydrogen-bond donors (Lipinski definition) is 2. The average molecular weight is 312 g/mol. The maximum atomic E-state index is 12.1. The molecule has 1 amide bonds. The summed E-state index contributed by atoms with van der Waals surface area (Å²) >= 11 is 6.00. The summed E-state index contributed by atoms with van der Waals surface area (Å²) in [6.07, 6.45) is 1.76. The van der Waals surface area contributed by atoms with Gasteiger partial charge in [0.05, 0.1) is 29.0 Å². The second-order valence-electron chi connectivity index (χ2n) is 4.77. The van der Waals surface area contributed by atoms with Crippen molar-refractivity contribution in [2.24, 2.45) is 0 Å². The van der Waals surface area contributed by atoms with Crippen LogP contribution < -0.4 is 5.32 Å². The van der Waals surface area contributed by atoms with Gasteiger partial charge < -0.3 is 10.3 Å². The molecule has 1 heterocycles. The average Bonchev–Trinajstić information content (AvgIpc) is 3.03. The summed E-state index contributed by atoms with van der Waals surface area (Å²) < 4.78 is 0. The van der Waals surface area contributed by atoms with Crippen molar-refractivity contribution in [1.29, 1.82) is 0 Å². The highest BCUT2D eigenvalue weighted by atomic mass is 35.5. The zero-order chi connectivity index (χ0) is 15.4. The molecule has 22 heavy (non-hydrogen) atoms. The highest BCUT2D eigenvalue weighted by Crippen LogP contribution is 2.17. The van der Waals surface area contributed by atoms with E-state index in [9.17, 15) is 4.79 Å². The topological polar surface area (TPSA) is 57.8 Å². The summed E-state index contributed by atoms with van der Waals surface area (Å²) in [5.74, 6) is 0.475. The van der Waals surface area contributed by atoms with E-state index >= 15 is 0 Å². The fourth-order valence-corrected chi connectivity index (χ4v) is 2.34. The summed E-state index contributed by atoms with van der Waals surface area (Å²) in [5, 5.41) is 3.24. The van der Waals surface area contributed by atoms with Crippen LogP contribution in [0.2, 0.25) is 5.02 Å². The zero-order valence-corrected chi connectivity index (χ0v) is 12.5. The van der Waals surface area contributed by atoms with E-state index in [4.69, 9.17) is 11.6 Å². The SMILES string of the molecule is O=C(NCc1ncc(-c2ccccc2)[nH]1)c1ccccc1Cl. The predicted molar refractivity (Wildman–Crippen MR) is 86.6 cm³/mol. The Bertz CT molecular complexity index is 783. The molecule has 0 radical (unpaired) electrons. The molecular weight excluding hydrogens is 298 g/mol. The first kappa shape index (κ1) is 14.4. The van der Waals surface area contributed by atoms with Crippen LogP contribution in [0.1, 0.15) is 16.2 Å². The van der Waals surface area contributed by atoms with Crippen LogP contribution in [-0.2, 0) is 6.54 Å². The van der Waals surface area contributed by atoms with Gasteiger partial charge in [-0.2, -0.15) is 0 Å². The molecule has 2 N–H and O–H groups in total. The van der Waals surface area contributed by atoms with Crippen LogP contribution >= 0.6 is 11.6 Å². The Balaban J connectivity index is 1.67. The van der Waals surface area contributed by atoms with E-state index in [2.05, 4.69) is 15.3 Å². The zero-order valence-electron chi connectivity index (χ0n) is 11.7. The molecule has 0 atom stereocenters. The van der Waals surface area contributed by atoms with E-state index in [-0.39, 0.29) is 5.91 Å². The lowest BCUT2D eigenvalue weighted by Crippen LogP contribution is -2.23. The Morgan fingerprint density at radius 1 is 1.09 bits per heavy atom. The van der Waals surface area contributed by atoms with Crippen LogP contribution in [0.4, 0.5) is 0 Å². The molecule has 4 nitrogen and oxygen atoms in total. The number of amides is 1. The van der Waals surface area contributed by atoms with Crippen molar-refractivity contribution in [2.75, 3.05) is 0 Å². The molecule has 0 spiro atoms.